The molecule has 8 nitrogen and oxygen atoms in total. The number of rotatable bonds is 8. The van der Waals surface area contributed by atoms with E-state index in [2.05, 4.69) is 13.8 Å². The average Bonchev–Trinajstić information content (AvgIpc) is 2.65. The van der Waals surface area contributed by atoms with Crippen LogP contribution in [0.4, 0.5) is 4.79 Å². The summed E-state index contributed by atoms with van der Waals surface area (Å²) in [4.78, 5) is 48.2. The molecule has 2 aliphatic rings. The van der Waals surface area contributed by atoms with Gasteiger partial charge in [-0.15, -0.1) is 0 Å². The van der Waals surface area contributed by atoms with Crippen LogP contribution in [0.15, 0.2) is 0 Å². The number of nitrogens with zero attached hydrogens (tertiary/aromatic N) is 3. The number of thioether (sulfide) groups is 1. The first-order valence-corrected chi connectivity index (χ1v) is 11.9. The van der Waals surface area contributed by atoms with Gasteiger partial charge in [-0.1, -0.05) is 20.8 Å². The van der Waals surface area contributed by atoms with Gasteiger partial charge in [0, 0.05) is 6.54 Å². The maximum absolute atomic E-state index is 13.2. The Morgan fingerprint density at radius 2 is 1.93 bits per heavy atom. The van der Waals surface area contributed by atoms with Crippen LogP contribution in [0.25, 0.3) is 0 Å². The van der Waals surface area contributed by atoms with E-state index in [1.165, 1.54) is 5.06 Å². The molecule has 0 N–H and O–H groups in total. The van der Waals surface area contributed by atoms with E-state index in [1.807, 2.05) is 13.2 Å². The van der Waals surface area contributed by atoms with Crippen molar-refractivity contribution in [2.75, 3.05) is 25.1 Å². The first-order chi connectivity index (χ1) is 13.7. The monoisotopic (exact) mass is 429 g/mol. The van der Waals surface area contributed by atoms with Gasteiger partial charge in [-0.2, -0.15) is 16.8 Å². The minimum absolute atomic E-state index is 0.0433. The van der Waals surface area contributed by atoms with Crippen molar-refractivity contribution in [3.63, 3.8) is 0 Å². The van der Waals surface area contributed by atoms with Crippen LogP contribution in [0, 0.1) is 5.92 Å². The summed E-state index contributed by atoms with van der Waals surface area (Å²) in [5, 5.41) is 1.18. The second kappa shape index (κ2) is 10.5. The summed E-state index contributed by atoms with van der Waals surface area (Å²) >= 11 is 1.63. The number of carbonyl (C=O) groups is 3. The third-order valence-corrected chi connectivity index (χ3v) is 5.78. The second-order valence-corrected chi connectivity index (χ2v) is 9.24. The van der Waals surface area contributed by atoms with Crippen molar-refractivity contribution in [3.8, 4) is 0 Å². The number of ether oxygens (including phenoxy) is 1. The van der Waals surface area contributed by atoms with E-state index in [0.29, 0.717) is 25.3 Å². The third-order valence-electron chi connectivity index (χ3n) is 5.14. The number of hydrogen-bond donors (Lipinski definition) is 0. The van der Waals surface area contributed by atoms with E-state index in [9.17, 15) is 14.4 Å². The lowest BCUT2D eigenvalue weighted by Gasteiger charge is -2.52. The molecular formula is C20H35N3O5S. The van der Waals surface area contributed by atoms with Crippen LogP contribution >= 0.6 is 11.8 Å². The molecule has 3 amide bonds. The van der Waals surface area contributed by atoms with Crippen molar-refractivity contribution in [2.24, 2.45) is 5.92 Å². The van der Waals surface area contributed by atoms with Gasteiger partial charge in [0.2, 0.25) is 5.91 Å². The second-order valence-electron chi connectivity index (χ2n) is 8.25. The van der Waals surface area contributed by atoms with Crippen LogP contribution in [0.2, 0.25) is 0 Å². The van der Waals surface area contributed by atoms with Gasteiger partial charge in [0.1, 0.15) is 6.04 Å². The molecule has 0 aromatic heterocycles. The number of carbonyl (C=O) groups excluding carboxylic acids is 3. The molecule has 0 spiro atoms. The topological polar surface area (TPSA) is 79.4 Å². The number of amides is 3. The fraction of sp³-hybridized carbons (Fsp3) is 0.850. The summed E-state index contributed by atoms with van der Waals surface area (Å²) < 4.78 is 5.36. The van der Waals surface area contributed by atoms with E-state index < -0.39 is 24.4 Å². The zero-order chi connectivity index (χ0) is 21.7. The molecule has 0 bridgehead atoms. The van der Waals surface area contributed by atoms with Gasteiger partial charge >= 0.3 is 6.09 Å². The van der Waals surface area contributed by atoms with Crippen LogP contribution in [0.1, 0.15) is 53.9 Å². The van der Waals surface area contributed by atoms with E-state index in [0.717, 1.165) is 12.2 Å². The molecule has 2 rings (SSSR count). The summed E-state index contributed by atoms with van der Waals surface area (Å²) in [5.41, 5.74) is 0. The van der Waals surface area contributed by atoms with Gasteiger partial charge in [0.25, 0.3) is 5.91 Å². The van der Waals surface area contributed by atoms with Crippen molar-refractivity contribution in [3.05, 3.63) is 0 Å². The summed E-state index contributed by atoms with van der Waals surface area (Å²) in [6, 6.07) is -0.590. The molecule has 3 atom stereocenters. The van der Waals surface area contributed by atoms with Crippen LogP contribution in [-0.4, -0.2) is 82.3 Å². The maximum atomic E-state index is 13.2. The number of hydroxylamine groups is 2. The Morgan fingerprint density at radius 1 is 1.24 bits per heavy atom. The number of fused-ring (bicyclic) bond motifs is 1. The largest absolute Gasteiger partial charge is 0.445 e. The Balaban J connectivity index is 2.37. The van der Waals surface area contributed by atoms with Gasteiger partial charge in [-0.25, -0.2) is 4.79 Å². The minimum atomic E-state index is -0.794. The van der Waals surface area contributed by atoms with Gasteiger partial charge < -0.3 is 14.5 Å². The molecule has 2 heterocycles. The quantitative estimate of drug-likeness (QED) is 0.590. The average molecular weight is 430 g/mol. The van der Waals surface area contributed by atoms with Crippen molar-refractivity contribution < 1.29 is 24.0 Å². The minimum Gasteiger partial charge on any atom is -0.445 e. The fourth-order valence-electron chi connectivity index (χ4n) is 3.59. The van der Waals surface area contributed by atoms with Crippen LogP contribution in [0.5, 0.6) is 0 Å². The maximum Gasteiger partial charge on any atom is 0.436 e. The lowest BCUT2D eigenvalue weighted by atomic mass is 10.0. The Kier molecular flexibility index (Phi) is 8.63. The summed E-state index contributed by atoms with van der Waals surface area (Å²) in [7, 11) is 0. The highest BCUT2D eigenvalue weighted by Gasteiger charge is 2.52. The Hall–Kier alpha value is -1.48. The lowest BCUT2D eigenvalue weighted by Crippen LogP contribution is -2.73. The highest BCUT2D eigenvalue weighted by molar-refractivity contribution is 7.98. The van der Waals surface area contributed by atoms with Gasteiger partial charge in [-0.05, 0) is 51.0 Å². The molecule has 0 aromatic carbocycles. The predicted molar refractivity (Wildman–Crippen MR) is 112 cm³/mol. The van der Waals surface area contributed by atoms with Gasteiger partial charge in [0.15, 0.2) is 12.3 Å². The SMILES string of the molecule is CC[C@@H]1ON(C(=O)OC(C)C)[C@H]2CN(CCC(C)C)C(=O)[C@H](CCSC)N2C1=O. The van der Waals surface area contributed by atoms with Crippen molar-refractivity contribution in [1.29, 1.82) is 0 Å². The van der Waals surface area contributed by atoms with E-state index in [-0.39, 0.29) is 24.5 Å². The summed E-state index contributed by atoms with van der Waals surface area (Å²) in [6.07, 6.45) is 1.39. The highest BCUT2D eigenvalue weighted by atomic mass is 32.2. The molecule has 2 aliphatic heterocycles. The Morgan fingerprint density at radius 3 is 2.48 bits per heavy atom. The molecule has 0 aliphatic carbocycles. The molecule has 0 unspecified atom stereocenters. The fourth-order valence-corrected chi connectivity index (χ4v) is 4.05. The first kappa shape index (κ1) is 23.8. The summed E-state index contributed by atoms with van der Waals surface area (Å²) in [6.45, 7) is 10.4. The standard InChI is InChI=1S/C20H35N3O5S/c1-7-16-19(25)22-15(9-11-29-6)18(24)21(10-8-13(2)3)12-17(22)23(28-16)20(26)27-14(4)5/h13-17H,7-12H2,1-6H3/t15-,16-,17-/m0/s1. The number of piperazine rings is 1. The first-order valence-electron chi connectivity index (χ1n) is 10.5. The van der Waals surface area contributed by atoms with Crippen molar-refractivity contribution in [2.45, 2.75) is 78.3 Å². The van der Waals surface area contributed by atoms with Gasteiger partial charge in [-0.3, -0.25) is 14.4 Å². The third kappa shape index (κ3) is 5.57. The van der Waals surface area contributed by atoms with E-state index in [1.54, 1.807) is 35.4 Å². The molecule has 166 valence electrons. The molecule has 2 fully saturated rings. The molecular weight excluding hydrogens is 394 g/mol. The smallest absolute Gasteiger partial charge is 0.436 e. The molecule has 29 heavy (non-hydrogen) atoms. The predicted octanol–water partition coefficient (Wildman–Crippen LogP) is 2.72. The van der Waals surface area contributed by atoms with Crippen LogP contribution < -0.4 is 0 Å². The molecule has 0 radical (unpaired) electrons. The molecule has 0 saturated carbocycles. The molecule has 9 heteroatoms. The zero-order valence-electron chi connectivity index (χ0n) is 18.4. The van der Waals surface area contributed by atoms with E-state index in [4.69, 9.17) is 9.57 Å². The molecule has 2 saturated heterocycles. The van der Waals surface area contributed by atoms with Gasteiger partial charge in [0.05, 0.1) is 12.6 Å². The van der Waals surface area contributed by atoms with Crippen molar-refractivity contribution >= 4 is 29.7 Å². The van der Waals surface area contributed by atoms with Crippen molar-refractivity contribution in [1.82, 2.24) is 14.9 Å². The Bertz CT molecular complexity index is 601. The Labute approximate surface area is 178 Å². The van der Waals surface area contributed by atoms with Crippen LogP contribution in [0.3, 0.4) is 0 Å². The normalized spacial score (nSPS) is 25.1. The number of hydrogen-bond acceptors (Lipinski definition) is 6. The zero-order valence-corrected chi connectivity index (χ0v) is 19.2. The molecule has 0 aromatic rings. The van der Waals surface area contributed by atoms with E-state index >= 15 is 0 Å². The lowest BCUT2D eigenvalue weighted by molar-refractivity contribution is -0.267. The van der Waals surface area contributed by atoms with Crippen LogP contribution in [-0.2, 0) is 19.2 Å². The summed E-state index contributed by atoms with van der Waals surface area (Å²) in [5.74, 6) is 0.924. The highest BCUT2D eigenvalue weighted by Crippen LogP contribution is 2.31.